The van der Waals surface area contributed by atoms with E-state index < -0.39 is 19.1 Å². The van der Waals surface area contributed by atoms with Gasteiger partial charge in [0.25, 0.3) is 19.1 Å². The number of halogens is 4. The van der Waals surface area contributed by atoms with Gasteiger partial charge in [0.2, 0.25) is 0 Å². The maximum Gasteiger partial charge on any atom is 0.277 e. The Bertz CT molecular complexity index is 1530. The van der Waals surface area contributed by atoms with Crippen molar-refractivity contribution >= 4 is 105 Å². The van der Waals surface area contributed by atoms with Gasteiger partial charge in [0.15, 0.2) is 0 Å². The van der Waals surface area contributed by atoms with Gasteiger partial charge < -0.3 is 10.2 Å². The van der Waals surface area contributed by atoms with Crippen molar-refractivity contribution in [1.82, 2.24) is 14.3 Å². The molecule has 1 N–H and O–H groups in total. The molecular weight excluding hydrogens is 618 g/mol. The van der Waals surface area contributed by atoms with E-state index >= 15 is 0 Å². The van der Waals surface area contributed by atoms with Gasteiger partial charge in [-0.05, 0) is 36.4 Å². The lowest BCUT2D eigenvalue weighted by Gasteiger charge is -2.28. The average Bonchev–Trinajstić information content (AvgIpc) is 3.54. The second-order valence-corrected chi connectivity index (χ2v) is 15.2. The Morgan fingerprint density at radius 1 is 0.886 bits per heavy atom. The quantitative estimate of drug-likeness (QED) is 0.310. The summed E-state index contributed by atoms with van der Waals surface area (Å²) in [4.78, 5) is 6.65. The lowest BCUT2D eigenvalue weighted by atomic mass is 10.2. The van der Waals surface area contributed by atoms with E-state index in [-0.39, 0.29) is 20.8 Å². The molecule has 8 nitrogen and oxygen atoms in total. The summed E-state index contributed by atoms with van der Waals surface area (Å²) in [5, 5.41) is 4.14. The first kappa shape index (κ1) is 28.5. The Morgan fingerprint density at radius 2 is 1.49 bits per heavy atom. The van der Waals surface area contributed by atoms with Gasteiger partial charge in [-0.2, -0.15) is 8.42 Å². The molecule has 0 spiro atoms. The van der Waals surface area contributed by atoms with E-state index in [1.54, 1.807) is 24.5 Å². The van der Waals surface area contributed by atoms with E-state index in [1.807, 2.05) is 6.07 Å². The van der Waals surface area contributed by atoms with Crippen LogP contribution in [-0.4, -0.2) is 52.0 Å². The second-order valence-electron chi connectivity index (χ2n) is 6.98. The minimum absolute atomic E-state index is 0. The van der Waals surface area contributed by atoms with Gasteiger partial charge in [-0.1, -0.05) is 23.2 Å². The molecule has 4 aromatic heterocycles. The number of fused-ring (bicyclic) bond motifs is 1. The zero-order valence-corrected chi connectivity index (χ0v) is 23.9. The first-order valence-corrected chi connectivity index (χ1v) is 15.8. The first-order chi connectivity index (χ1) is 16.1. The molecule has 1 aliphatic rings. The molecule has 0 amide bonds. The Labute approximate surface area is 231 Å². The standard InChI is InChI=1S/C15H15ClN4O2S2.C4H2Cl2O2S2.ClH/c16-13-1-2-14(23-13)24(21,22)20-8-4-11-12(20)3-5-18-15(11)19-9-6-17-7-10-19;5-3-1-2-4(9-3)10(6,7)8;/h1-5,8,17H,6-7,9-10H2;1-2H;1H. The fourth-order valence-corrected chi connectivity index (χ4v) is 8.50. The van der Waals surface area contributed by atoms with E-state index in [2.05, 4.69) is 15.2 Å². The lowest BCUT2D eigenvalue weighted by Crippen LogP contribution is -2.43. The van der Waals surface area contributed by atoms with Crippen molar-refractivity contribution < 1.29 is 16.8 Å². The summed E-state index contributed by atoms with van der Waals surface area (Å²) in [5.41, 5.74) is 0.628. The summed E-state index contributed by atoms with van der Waals surface area (Å²) in [6.07, 6.45) is 3.24. The number of rotatable bonds is 4. The number of nitrogens with one attached hydrogen (secondary N) is 1. The molecule has 35 heavy (non-hydrogen) atoms. The first-order valence-electron chi connectivity index (χ1n) is 9.70. The Kier molecular flexibility index (Phi) is 9.38. The Morgan fingerprint density at radius 3 is 2.00 bits per heavy atom. The van der Waals surface area contributed by atoms with Crippen molar-refractivity contribution in [2.24, 2.45) is 0 Å². The van der Waals surface area contributed by atoms with Crippen LogP contribution in [0.3, 0.4) is 0 Å². The summed E-state index contributed by atoms with van der Waals surface area (Å²) >= 11 is 13.4. The van der Waals surface area contributed by atoms with Crippen LogP contribution in [0.1, 0.15) is 0 Å². The molecule has 4 aromatic rings. The highest BCUT2D eigenvalue weighted by Gasteiger charge is 2.23. The van der Waals surface area contributed by atoms with Crippen LogP contribution in [0.25, 0.3) is 10.9 Å². The van der Waals surface area contributed by atoms with Crippen LogP contribution in [0, 0.1) is 0 Å². The molecule has 1 aliphatic heterocycles. The highest BCUT2D eigenvalue weighted by molar-refractivity contribution is 8.15. The topological polar surface area (TPSA) is 101 Å². The fraction of sp³-hybridized carbons (Fsp3) is 0.211. The highest BCUT2D eigenvalue weighted by Crippen LogP contribution is 2.32. The molecule has 0 bridgehead atoms. The molecule has 190 valence electrons. The van der Waals surface area contributed by atoms with E-state index in [0.717, 1.165) is 60.1 Å². The minimum Gasteiger partial charge on any atom is -0.354 e. The molecule has 0 atom stereocenters. The molecule has 0 aromatic carbocycles. The normalized spacial score (nSPS) is 14.3. The molecule has 5 rings (SSSR count). The third kappa shape index (κ3) is 6.43. The monoisotopic (exact) mass is 634 g/mol. The Balaban J connectivity index is 0.000000264. The van der Waals surface area contributed by atoms with Crippen molar-refractivity contribution in [3.63, 3.8) is 0 Å². The van der Waals surface area contributed by atoms with Crippen LogP contribution < -0.4 is 10.2 Å². The zero-order valence-electron chi connectivity index (χ0n) is 17.6. The third-order valence-electron chi connectivity index (χ3n) is 4.83. The number of hydrogen-bond donors (Lipinski definition) is 1. The maximum absolute atomic E-state index is 12.9. The highest BCUT2D eigenvalue weighted by atomic mass is 35.7. The van der Waals surface area contributed by atoms with Gasteiger partial charge in [-0.15, -0.1) is 35.1 Å². The van der Waals surface area contributed by atoms with Crippen LogP contribution >= 0.6 is 69.0 Å². The van der Waals surface area contributed by atoms with Crippen LogP contribution in [-0.2, 0) is 19.1 Å². The predicted octanol–water partition coefficient (Wildman–Crippen LogP) is 5.15. The van der Waals surface area contributed by atoms with Gasteiger partial charge in [0.05, 0.1) is 14.2 Å². The molecule has 0 unspecified atom stereocenters. The van der Waals surface area contributed by atoms with Gasteiger partial charge in [0.1, 0.15) is 14.2 Å². The molecule has 0 saturated carbocycles. The van der Waals surface area contributed by atoms with Crippen LogP contribution in [0.5, 0.6) is 0 Å². The van der Waals surface area contributed by atoms with Crippen LogP contribution in [0.15, 0.2) is 57.2 Å². The summed E-state index contributed by atoms with van der Waals surface area (Å²) in [6.45, 7) is 3.49. The van der Waals surface area contributed by atoms with Crippen molar-refractivity contribution in [3.05, 3.63) is 57.5 Å². The molecule has 1 saturated heterocycles. The van der Waals surface area contributed by atoms with Crippen molar-refractivity contribution in [1.29, 1.82) is 0 Å². The summed E-state index contributed by atoms with van der Waals surface area (Å²) < 4.78 is 49.4. The van der Waals surface area contributed by atoms with Gasteiger partial charge in [0, 0.05) is 54.6 Å². The summed E-state index contributed by atoms with van der Waals surface area (Å²) in [7, 11) is -2.24. The maximum atomic E-state index is 12.9. The number of anilines is 1. The number of pyridine rings is 1. The minimum atomic E-state index is -3.66. The van der Waals surface area contributed by atoms with Crippen LogP contribution in [0.4, 0.5) is 5.82 Å². The molecule has 16 heteroatoms. The number of aromatic nitrogens is 2. The van der Waals surface area contributed by atoms with E-state index in [9.17, 15) is 16.8 Å². The van der Waals surface area contributed by atoms with Crippen LogP contribution in [0.2, 0.25) is 8.67 Å². The van der Waals surface area contributed by atoms with Gasteiger partial charge in [-0.25, -0.2) is 17.4 Å². The van der Waals surface area contributed by atoms with Crippen molar-refractivity contribution in [2.75, 3.05) is 31.1 Å². The number of nitrogens with zero attached hydrogens (tertiary/aromatic N) is 3. The smallest absolute Gasteiger partial charge is 0.277 e. The number of thiophene rings is 2. The average molecular weight is 636 g/mol. The zero-order chi connectivity index (χ0) is 24.5. The SMILES string of the molecule is Cl.O=S(=O)(Cl)c1ccc(Cl)s1.O=S(=O)(c1ccc(Cl)s1)n1ccc2c(N3CCNCC3)nccc21. The molecule has 0 radical (unpaired) electrons. The van der Waals surface area contributed by atoms with Crippen molar-refractivity contribution in [2.45, 2.75) is 8.42 Å². The van der Waals surface area contributed by atoms with Gasteiger partial charge in [-0.3, -0.25) is 0 Å². The molecule has 1 fully saturated rings. The Hall–Kier alpha value is -1.09. The van der Waals surface area contributed by atoms with E-state index in [4.69, 9.17) is 33.9 Å². The largest absolute Gasteiger partial charge is 0.354 e. The molecule has 0 aliphatic carbocycles. The van der Waals surface area contributed by atoms with E-state index in [0.29, 0.717) is 14.2 Å². The third-order valence-corrected chi connectivity index (χ3v) is 11.5. The predicted molar refractivity (Wildman–Crippen MR) is 146 cm³/mol. The second kappa shape index (κ2) is 11.5. The van der Waals surface area contributed by atoms with Gasteiger partial charge >= 0.3 is 0 Å². The molecular formula is C19H18Cl4N4O4S4. The van der Waals surface area contributed by atoms with E-state index in [1.165, 1.54) is 22.2 Å². The van der Waals surface area contributed by atoms with Crippen molar-refractivity contribution in [3.8, 4) is 0 Å². The fourth-order valence-electron chi connectivity index (χ4n) is 3.33. The number of hydrogen-bond acceptors (Lipinski definition) is 9. The number of piperazine rings is 1. The molecule has 5 heterocycles. The summed E-state index contributed by atoms with van der Waals surface area (Å²) in [5.74, 6) is 0.826. The summed E-state index contributed by atoms with van der Waals surface area (Å²) in [6, 6.07) is 9.53. The lowest BCUT2D eigenvalue weighted by molar-refractivity contribution is 0.586.